The maximum atomic E-state index is 2.91. The van der Waals surface area contributed by atoms with Crippen LogP contribution in [0, 0.1) is 5.92 Å². The summed E-state index contributed by atoms with van der Waals surface area (Å²) in [6, 6.07) is 0. The Balaban J connectivity index is 3.22. The van der Waals surface area contributed by atoms with Crippen molar-refractivity contribution in [1.29, 1.82) is 0 Å². The summed E-state index contributed by atoms with van der Waals surface area (Å²) in [6.45, 7) is 6.84. The van der Waals surface area contributed by atoms with Gasteiger partial charge in [-0.3, -0.25) is 0 Å². The molecule has 0 aromatic carbocycles. The molecule has 0 bridgehead atoms. The van der Waals surface area contributed by atoms with Crippen LogP contribution in [-0.4, -0.2) is 5.66 Å². The minimum atomic E-state index is 0.847. The second-order valence-corrected chi connectivity index (χ2v) is 3.86. The molecule has 0 saturated heterocycles. The van der Waals surface area contributed by atoms with Gasteiger partial charge in [-0.05, 0) is 24.4 Å². The summed E-state index contributed by atoms with van der Waals surface area (Å²) in [5.41, 5.74) is 0.847. The first-order valence-corrected chi connectivity index (χ1v) is 4.62. The molecule has 56 valence electrons. The third-order valence-electron chi connectivity index (χ3n) is 1.93. The van der Waals surface area contributed by atoms with Crippen LogP contribution in [0.15, 0.2) is 0 Å². The fourth-order valence-electron chi connectivity index (χ4n) is 0.850. The van der Waals surface area contributed by atoms with Gasteiger partial charge in [0.2, 0.25) is 0 Å². The van der Waals surface area contributed by atoms with Crippen LogP contribution in [0.25, 0.3) is 0 Å². The van der Waals surface area contributed by atoms with Crippen LogP contribution in [0.3, 0.4) is 0 Å². The molecule has 0 aliphatic heterocycles. The van der Waals surface area contributed by atoms with Gasteiger partial charge in [-0.25, -0.2) is 0 Å². The predicted octanol–water partition coefficient (Wildman–Crippen LogP) is 3.08. The Kier molecular flexibility index (Phi) is 5.48. The molecule has 3 atom stereocenters. The highest BCUT2D eigenvalue weighted by Crippen LogP contribution is 2.17. The van der Waals surface area contributed by atoms with Gasteiger partial charge in [0, 0.05) is 0 Å². The quantitative estimate of drug-likeness (QED) is 0.535. The van der Waals surface area contributed by atoms with Crippen molar-refractivity contribution in [2.24, 2.45) is 5.92 Å². The van der Waals surface area contributed by atoms with E-state index in [0.29, 0.717) is 0 Å². The minimum Gasteiger partial charge on any atom is -0.134 e. The summed E-state index contributed by atoms with van der Waals surface area (Å²) in [5, 5.41) is 0. The molecule has 0 fully saturated rings. The molecule has 0 heterocycles. The van der Waals surface area contributed by atoms with Gasteiger partial charge in [-0.2, -0.15) is 0 Å². The molecule has 0 aromatic heterocycles. The first-order chi connectivity index (χ1) is 4.20. The third kappa shape index (κ3) is 4.90. The second kappa shape index (κ2) is 5.23. The zero-order valence-electron chi connectivity index (χ0n) is 6.85. The molecule has 0 nitrogen and oxygen atoms in total. The number of rotatable bonds is 4. The third-order valence-corrected chi connectivity index (χ3v) is 2.67. The Bertz CT molecular complexity index is 53.6. The first kappa shape index (κ1) is 9.43. The van der Waals surface area contributed by atoms with E-state index in [1.54, 1.807) is 0 Å². The average Bonchev–Trinajstić information content (AvgIpc) is 1.87. The van der Waals surface area contributed by atoms with Crippen LogP contribution in [0.5, 0.6) is 0 Å². The van der Waals surface area contributed by atoms with Crippen LogP contribution in [0.2, 0.25) is 0 Å². The molecule has 0 radical (unpaired) electrons. The Morgan fingerprint density at radius 3 is 2.11 bits per heavy atom. The van der Waals surface area contributed by atoms with Gasteiger partial charge in [0.25, 0.3) is 0 Å². The highest BCUT2D eigenvalue weighted by molar-refractivity contribution is 7.17. The van der Waals surface area contributed by atoms with Crippen molar-refractivity contribution >= 4 is 9.24 Å². The lowest BCUT2D eigenvalue weighted by Gasteiger charge is -2.12. The molecule has 3 unspecified atom stereocenters. The summed E-state index contributed by atoms with van der Waals surface area (Å²) >= 11 is 0. The maximum absolute atomic E-state index is 2.91. The van der Waals surface area contributed by atoms with Gasteiger partial charge < -0.3 is 0 Å². The smallest absolute Gasteiger partial charge is 0.0264 e. The topological polar surface area (TPSA) is 0 Å². The fraction of sp³-hybridized carbons (Fsp3) is 1.00. The van der Waals surface area contributed by atoms with Crippen LogP contribution in [-0.2, 0) is 0 Å². The molecule has 0 aliphatic rings. The normalized spacial score (nSPS) is 17.3. The van der Waals surface area contributed by atoms with E-state index in [9.17, 15) is 0 Å². The second-order valence-electron chi connectivity index (χ2n) is 2.92. The lowest BCUT2D eigenvalue weighted by atomic mass is 10.0. The predicted molar refractivity (Wildman–Crippen MR) is 47.9 cm³/mol. The van der Waals surface area contributed by atoms with Gasteiger partial charge in [0.1, 0.15) is 0 Å². The van der Waals surface area contributed by atoms with E-state index in [4.69, 9.17) is 0 Å². The van der Waals surface area contributed by atoms with Crippen molar-refractivity contribution in [3.63, 3.8) is 0 Å². The molecule has 0 rings (SSSR count). The molecule has 9 heavy (non-hydrogen) atoms. The SMILES string of the molecule is CCC(C)CC(P)CC. The number of hydrogen-bond donors (Lipinski definition) is 0. The van der Waals surface area contributed by atoms with Gasteiger partial charge in [0.05, 0.1) is 0 Å². The van der Waals surface area contributed by atoms with E-state index in [1.165, 1.54) is 19.3 Å². The van der Waals surface area contributed by atoms with Crippen molar-refractivity contribution < 1.29 is 0 Å². The Labute approximate surface area is 61.6 Å². The van der Waals surface area contributed by atoms with Crippen LogP contribution >= 0.6 is 9.24 Å². The van der Waals surface area contributed by atoms with Gasteiger partial charge >= 0.3 is 0 Å². The highest BCUT2D eigenvalue weighted by atomic mass is 31.0. The minimum absolute atomic E-state index is 0.847. The van der Waals surface area contributed by atoms with Gasteiger partial charge in [-0.1, -0.05) is 27.2 Å². The lowest BCUT2D eigenvalue weighted by Crippen LogP contribution is -2.02. The van der Waals surface area contributed by atoms with Crippen LogP contribution in [0.1, 0.15) is 40.0 Å². The molecule has 0 aliphatic carbocycles. The summed E-state index contributed by atoms with van der Waals surface area (Å²) in [5.74, 6) is 0.910. The zero-order valence-corrected chi connectivity index (χ0v) is 8.01. The standard InChI is InChI=1S/C8H19P/c1-4-7(3)6-8(9)5-2/h7-8H,4-6,9H2,1-3H3. The Hall–Kier alpha value is 0.430. The molecule has 0 spiro atoms. The lowest BCUT2D eigenvalue weighted by molar-refractivity contribution is 0.500. The summed E-state index contributed by atoms with van der Waals surface area (Å²) in [6.07, 6.45) is 4.00. The monoisotopic (exact) mass is 146 g/mol. The largest absolute Gasteiger partial charge is 0.134 e. The molecule has 0 aromatic rings. The van der Waals surface area contributed by atoms with E-state index in [0.717, 1.165) is 11.6 Å². The van der Waals surface area contributed by atoms with Crippen LogP contribution in [0.4, 0.5) is 0 Å². The number of hydrogen-bond acceptors (Lipinski definition) is 0. The maximum Gasteiger partial charge on any atom is -0.0264 e. The van der Waals surface area contributed by atoms with E-state index in [1.807, 2.05) is 0 Å². The summed E-state index contributed by atoms with van der Waals surface area (Å²) in [4.78, 5) is 0. The van der Waals surface area contributed by atoms with Crippen molar-refractivity contribution in [1.82, 2.24) is 0 Å². The summed E-state index contributed by atoms with van der Waals surface area (Å²) in [7, 11) is 2.91. The molecule has 1 heteroatoms. The van der Waals surface area contributed by atoms with Crippen molar-refractivity contribution in [2.75, 3.05) is 0 Å². The van der Waals surface area contributed by atoms with E-state index in [2.05, 4.69) is 30.0 Å². The highest BCUT2D eigenvalue weighted by Gasteiger charge is 2.03. The van der Waals surface area contributed by atoms with Crippen molar-refractivity contribution in [3.8, 4) is 0 Å². The van der Waals surface area contributed by atoms with Crippen molar-refractivity contribution in [2.45, 2.75) is 45.7 Å². The van der Waals surface area contributed by atoms with Gasteiger partial charge in [0.15, 0.2) is 0 Å². The van der Waals surface area contributed by atoms with E-state index >= 15 is 0 Å². The molecular weight excluding hydrogens is 127 g/mol. The fourth-order valence-corrected chi connectivity index (χ4v) is 1.31. The summed E-state index contributed by atoms with van der Waals surface area (Å²) < 4.78 is 0. The first-order valence-electron chi connectivity index (χ1n) is 3.96. The van der Waals surface area contributed by atoms with E-state index < -0.39 is 0 Å². The average molecular weight is 146 g/mol. The molecule has 0 amide bonds. The van der Waals surface area contributed by atoms with E-state index in [-0.39, 0.29) is 0 Å². The molecular formula is C8H19P. The molecule has 0 N–H and O–H groups in total. The Morgan fingerprint density at radius 1 is 1.22 bits per heavy atom. The zero-order chi connectivity index (χ0) is 7.28. The van der Waals surface area contributed by atoms with Crippen LogP contribution < -0.4 is 0 Å². The molecule has 0 saturated carbocycles. The Morgan fingerprint density at radius 2 is 1.78 bits per heavy atom. The van der Waals surface area contributed by atoms with Crippen molar-refractivity contribution in [3.05, 3.63) is 0 Å². The van der Waals surface area contributed by atoms with Gasteiger partial charge in [-0.15, -0.1) is 9.24 Å².